The number of fused-ring (bicyclic) bond motifs is 4. The maximum absolute atomic E-state index is 14.7. The molecule has 1 aliphatic heterocycles. The molecule has 2 aliphatic rings. The van der Waals surface area contributed by atoms with Gasteiger partial charge in [-0.25, -0.2) is 4.39 Å². The third-order valence-corrected chi connectivity index (χ3v) is 4.78. The standard InChI is InChI=1S/C20H15F2NO2/c1-4-15-17-10(2)12-6-7-14(24)18(22)20(12)23(3)19(17)13-9-11(21)5-8-16(13)25-15/h4-5,8-9H,1-2,6-7H2,3H3/p+1. The smallest absolute Gasteiger partial charge is 0.248 e. The van der Waals surface area contributed by atoms with Crippen molar-refractivity contribution in [2.75, 3.05) is 0 Å². The second kappa shape index (κ2) is 5.28. The summed E-state index contributed by atoms with van der Waals surface area (Å²) in [6.45, 7) is 7.90. The Morgan fingerprint density at radius 1 is 1.24 bits per heavy atom. The van der Waals surface area contributed by atoms with Crippen LogP contribution in [0.15, 0.2) is 36.6 Å². The van der Waals surface area contributed by atoms with Crippen LogP contribution in [0.4, 0.5) is 8.78 Å². The van der Waals surface area contributed by atoms with Crippen molar-refractivity contribution < 1.29 is 23.2 Å². The Kier molecular flexibility index (Phi) is 3.29. The van der Waals surface area contributed by atoms with Crippen LogP contribution in [0.2, 0.25) is 0 Å². The molecule has 4 rings (SSSR count). The maximum Gasteiger partial charge on any atom is 0.248 e. The Labute approximate surface area is 143 Å². The number of hydrogen-bond acceptors (Lipinski definition) is 2. The first-order valence-corrected chi connectivity index (χ1v) is 7.90. The zero-order valence-electron chi connectivity index (χ0n) is 13.7. The third-order valence-electron chi connectivity index (χ3n) is 4.78. The van der Waals surface area contributed by atoms with Crippen molar-refractivity contribution in [3.05, 3.63) is 64.1 Å². The summed E-state index contributed by atoms with van der Waals surface area (Å²) in [4.78, 5) is 0. The minimum absolute atomic E-state index is 0.218. The number of pyridine rings is 1. The molecule has 0 unspecified atom stereocenters. The number of benzene rings is 1. The SMILES string of the molecule is C=CC1=c2c([n+](C)c3c(c2=C)CCC(O)=C3F)-c2cc(F)ccc2O1. The summed E-state index contributed by atoms with van der Waals surface area (Å²) in [5.74, 6) is -0.402. The van der Waals surface area contributed by atoms with Gasteiger partial charge >= 0.3 is 0 Å². The molecule has 1 aromatic heterocycles. The molecule has 0 saturated carbocycles. The number of rotatable bonds is 1. The summed E-state index contributed by atoms with van der Waals surface area (Å²) in [6, 6.07) is 4.19. The van der Waals surface area contributed by atoms with E-state index in [0.29, 0.717) is 45.2 Å². The molecule has 0 fully saturated rings. The third kappa shape index (κ3) is 2.05. The van der Waals surface area contributed by atoms with Crippen LogP contribution >= 0.6 is 0 Å². The number of nitrogens with zero attached hydrogens (tertiary/aromatic N) is 1. The highest BCUT2D eigenvalue weighted by Crippen LogP contribution is 2.34. The van der Waals surface area contributed by atoms with E-state index in [0.717, 1.165) is 0 Å². The van der Waals surface area contributed by atoms with Gasteiger partial charge in [-0.15, -0.1) is 0 Å². The van der Waals surface area contributed by atoms with Gasteiger partial charge in [0.25, 0.3) is 0 Å². The van der Waals surface area contributed by atoms with E-state index in [1.165, 1.54) is 18.2 Å². The van der Waals surface area contributed by atoms with E-state index in [1.807, 2.05) is 0 Å². The van der Waals surface area contributed by atoms with Crippen molar-refractivity contribution in [2.45, 2.75) is 12.8 Å². The molecule has 0 bridgehead atoms. The molecule has 126 valence electrons. The summed E-state index contributed by atoms with van der Waals surface area (Å²) >= 11 is 0. The fourth-order valence-corrected chi connectivity index (χ4v) is 3.63. The normalized spacial score (nSPS) is 15.2. The second-order valence-electron chi connectivity index (χ2n) is 6.16. The van der Waals surface area contributed by atoms with Crippen LogP contribution in [0.3, 0.4) is 0 Å². The second-order valence-corrected chi connectivity index (χ2v) is 6.16. The molecule has 25 heavy (non-hydrogen) atoms. The zero-order valence-corrected chi connectivity index (χ0v) is 13.7. The fourth-order valence-electron chi connectivity index (χ4n) is 3.63. The average Bonchev–Trinajstić information content (AvgIpc) is 2.60. The van der Waals surface area contributed by atoms with Crippen molar-refractivity contribution in [1.82, 2.24) is 0 Å². The minimum Gasteiger partial charge on any atom is -0.509 e. The highest BCUT2D eigenvalue weighted by molar-refractivity contribution is 5.76. The van der Waals surface area contributed by atoms with Crippen molar-refractivity contribution >= 4 is 18.2 Å². The molecule has 5 heteroatoms. The van der Waals surface area contributed by atoms with Crippen LogP contribution in [0, 0.1) is 5.82 Å². The predicted octanol–water partition coefficient (Wildman–Crippen LogP) is 2.56. The van der Waals surface area contributed by atoms with E-state index < -0.39 is 11.6 Å². The predicted molar refractivity (Wildman–Crippen MR) is 91.0 cm³/mol. The lowest BCUT2D eigenvalue weighted by Crippen LogP contribution is -2.51. The molecule has 1 aromatic carbocycles. The number of aromatic nitrogens is 1. The van der Waals surface area contributed by atoms with Crippen LogP contribution in [-0.4, -0.2) is 5.11 Å². The van der Waals surface area contributed by atoms with E-state index in [2.05, 4.69) is 13.2 Å². The molecule has 2 aromatic rings. The quantitative estimate of drug-likeness (QED) is 0.810. The van der Waals surface area contributed by atoms with E-state index in [-0.39, 0.29) is 17.9 Å². The van der Waals surface area contributed by atoms with Gasteiger partial charge in [-0.1, -0.05) is 13.2 Å². The van der Waals surface area contributed by atoms with Crippen LogP contribution in [0.25, 0.3) is 29.4 Å². The van der Waals surface area contributed by atoms with E-state index >= 15 is 0 Å². The van der Waals surface area contributed by atoms with E-state index in [1.54, 1.807) is 17.7 Å². The summed E-state index contributed by atoms with van der Waals surface area (Å²) in [5.41, 5.74) is 2.07. The molecule has 1 aliphatic carbocycles. The first-order valence-electron chi connectivity index (χ1n) is 7.90. The van der Waals surface area contributed by atoms with Gasteiger partial charge in [-0.3, -0.25) is 0 Å². The Balaban J connectivity index is 2.25. The lowest BCUT2D eigenvalue weighted by Gasteiger charge is -2.21. The largest absolute Gasteiger partial charge is 0.509 e. The zero-order chi connectivity index (χ0) is 17.9. The molecule has 0 saturated heterocycles. The minimum atomic E-state index is -0.666. The molecule has 3 nitrogen and oxygen atoms in total. The van der Waals surface area contributed by atoms with Crippen molar-refractivity contribution in [2.24, 2.45) is 7.05 Å². The van der Waals surface area contributed by atoms with Gasteiger partial charge in [0.05, 0.1) is 10.8 Å². The molecule has 0 atom stereocenters. The van der Waals surface area contributed by atoms with Gasteiger partial charge in [-0.2, -0.15) is 8.96 Å². The first-order chi connectivity index (χ1) is 11.9. The average molecular weight is 340 g/mol. The highest BCUT2D eigenvalue weighted by atomic mass is 19.1. The first kappa shape index (κ1) is 15.6. The molecule has 0 radical (unpaired) electrons. The lowest BCUT2D eigenvalue weighted by molar-refractivity contribution is -0.664. The van der Waals surface area contributed by atoms with Crippen LogP contribution in [0.1, 0.15) is 17.7 Å². The van der Waals surface area contributed by atoms with Crippen molar-refractivity contribution in [1.29, 1.82) is 0 Å². The molecule has 1 N–H and O–H groups in total. The van der Waals surface area contributed by atoms with Gasteiger partial charge in [-0.05, 0) is 35.9 Å². The number of aliphatic hydroxyl groups excluding tert-OH is 1. The van der Waals surface area contributed by atoms with Gasteiger partial charge in [0.15, 0.2) is 0 Å². The number of hydrogen-bond donors (Lipinski definition) is 1. The van der Waals surface area contributed by atoms with Crippen LogP contribution in [0.5, 0.6) is 5.75 Å². The fraction of sp³-hybridized carbons (Fsp3) is 0.150. The van der Waals surface area contributed by atoms with E-state index in [4.69, 9.17) is 4.74 Å². The molecular formula is C20H16F2NO2+. The van der Waals surface area contributed by atoms with Gasteiger partial charge in [0.1, 0.15) is 30.1 Å². The van der Waals surface area contributed by atoms with Gasteiger partial charge in [0.2, 0.25) is 17.2 Å². The summed E-state index contributed by atoms with van der Waals surface area (Å²) in [7, 11) is 1.69. The number of allylic oxidation sites excluding steroid dienone is 1. The number of aliphatic hydroxyl groups is 1. The molecule has 0 amide bonds. The van der Waals surface area contributed by atoms with Gasteiger partial charge < -0.3 is 9.84 Å². The monoisotopic (exact) mass is 340 g/mol. The molecular weight excluding hydrogens is 324 g/mol. The summed E-state index contributed by atoms with van der Waals surface area (Å²) in [5, 5.41) is 11.1. The number of ether oxygens (including phenoxy) is 1. The van der Waals surface area contributed by atoms with Crippen molar-refractivity contribution in [3.63, 3.8) is 0 Å². The molecule has 2 heterocycles. The van der Waals surface area contributed by atoms with E-state index in [9.17, 15) is 13.9 Å². The van der Waals surface area contributed by atoms with Crippen molar-refractivity contribution in [3.8, 4) is 17.0 Å². The summed E-state index contributed by atoms with van der Waals surface area (Å²) in [6.07, 6.45) is 2.25. The Hall–Kier alpha value is -2.95. The Morgan fingerprint density at radius 2 is 2.00 bits per heavy atom. The summed E-state index contributed by atoms with van der Waals surface area (Å²) < 4.78 is 36.0. The highest BCUT2D eigenvalue weighted by Gasteiger charge is 2.35. The van der Waals surface area contributed by atoms with Crippen LogP contribution < -0.4 is 19.7 Å². The number of halogens is 2. The Morgan fingerprint density at radius 3 is 2.72 bits per heavy atom. The molecule has 0 spiro atoms. The maximum atomic E-state index is 14.7. The lowest BCUT2D eigenvalue weighted by atomic mass is 9.93. The Bertz CT molecular complexity index is 1100. The van der Waals surface area contributed by atoms with Crippen LogP contribution in [-0.2, 0) is 13.5 Å². The van der Waals surface area contributed by atoms with Gasteiger partial charge in [0, 0.05) is 12.0 Å². The topological polar surface area (TPSA) is 33.3 Å².